The van der Waals surface area contributed by atoms with Crippen LogP contribution in [0, 0.1) is 0 Å². The van der Waals surface area contributed by atoms with E-state index in [2.05, 4.69) is 230 Å². The molecule has 9 aromatic carbocycles. The maximum Gasteiger partial charge on any atom is 0.0618 e. The monoisotopic (exact) mass is 704 g/mol. The van der Waals surface area contributed by atoms with Crippen molar-refractivity contribution in [1.29, 1.82) is 0 Å². The molecule has 262 valence electrons. The Bertz CT molecular complexity index is 2830. The molecule has 0 unspecified atom stereocenters. The number of hydrogen-bond donors (Lipinski definition) is 0. The molecule has 2 heteroatoms. The molecule has 0 aliphatic carbocycles. The van der Waals surface area contributed by atoms with Gasteiger partial charge in [-0.15, -0.1) is 0 Å². The summed E-state index contributed by atoms with van der Waals surface area (Å²) in [4.78, 5) is 4.90. The molecular formula is C53H40N2. The molecule has 2 nitrogen and oxygen atoms in total. The summed E-state index contributed by atoms with van der Waals surface area (Å²) >= 11 is 0. The lowest BCUT2D eigenvalue weighted by atomic mass is 9.73. The molecule has 0 fully saturated rings. The average Bonchev–Trinajstić information content (AvgIpc) is 3.25. The second-order valence-corrected chi connectivity index (χ2v) is 15.0. The Balaban J connectivity index is 1.15. The largest absolute Gasteiger partial charge is 0.310 e. The first-order chi connectivity index (χ1) is 27.1. The molecule has 1 aliphatic heterocycles. The quantitative estimate of drug-likeness (QED) is 0.170. The van der Waals surface area contributed by atoms with Gasteiger partial charge in [0, 0.05) is 33.1 Å². The number of rotatable bonds is 6. The summed E-state index contributed by atoms with van der Waals surface area (Å²) in [5, 5.41) is 4.90. The summed E-state index contributed by atoms with van der Waals surface area (Å²) in [6.07, 6.45) is 0. The maximum atomic E-state index is 2.54. The van der Waals surface area contributed by atoms with Crippen LogP contribution in [0.3, 0.4) is 0 Å². The van der Waals surface area contributed by atoms with Crippen molar-refractivity contribution in [3.05, 3.63) is 217 Å². The summed E-state index contributed by atoms with van der Waals surface area (Å²) < 4.78 is 0. The van der Waals surface area contributed by atoms with Crippen molar-refractivity contribution < 1.29 is 0 Å². The lowest BCUT2D eigenvalue weighted by Gasteiger charge is -2.43. The average molecular weight is 705 g/mol. The van der Waals surface area contributed by atoms with Gasteiger partial charge in [0.1, 0.15) is 0 Å². The van der Waals surface area contributed by atoms with Crippen LogP contribution >= 0.6 is 0 Å². The molecule has 0 atom stereocenters. The minimum absolute atomic E-state index is 0.197. The van der Waals surface area contributed by atoms with Crippen molar-refractivity contribution in [2.24, 2.45) is 0 Å². The molecule has 1 heterocycles. The van der Waals surface area contributed by atoms with Crippen LogP contribution in [0.25, 0.3) is 43.8 Å². The summed E-state index contributed by atoms with van der Waals surface area (Å²) in [6.45, 7) is 4.73. The van der Waals surface area contributed by atoms with Gasteiger partial charge in [-0.05, 0) is 81.1 Å². The lowest BCUT2D eigenvalue weighted by Crippen LogP contribution is -2.31. The Morgan fingerprint density at radius 2 is 0.982 bits per heavy atom. The topological polar surface area (TPSA) is 6.48 Å². The fraction of sp³-hybridized carbons (Fsp3) is 0.0566. The first kappa shape index (κ1) is 32.7. The first-order valence-electron chi connectivity index (χ1n) is 19.1. The van der Waals surface area contributed by atoms with Gasteiger partial charge in [0.25, 0.3) is 0 Å². The van der Waals surface area contributed by atoms with Gasteiger partial charge < -0.3 is 9.80 Å². The molecule has 0 saturated carbocycles. The molecule has 0 saturated heterocycles. The predicted octanol–water partition coefficient (Wildman–Crippen LogP) is 14.9. The van der Waals surface area contributed by atoms with E-state index in [0.717, 1.165) is 17.1 Å². The van der Waals surface area contributed by atoms with E-state index in [9.17, 15) is 0 Å². The Hall–Kier alpha value is -6.90. The molecule has 0 N–H and O–H groups in total. The van der Waals surface area contributed by atoms with E-state index in [1.807, 2.05) is 0 Å². The SMILES string of the molecule is CC1(C)c2ccccc2N(c2c(-c3ccccc3)ccc3ccccc23)c2cc(-c3ccc(N(c4ccccc4)c4cccc5ccccc45)cc3)ccc21. The number of nitrogens with zero attached hydrogens (tertiary/aromatic N) is 2. The van der Waals surface area contributed by atoms with Crippen LogP contribution in [-0.2, 0) is 5.41 Å². The van der Waals surface area contributed by atoms with Gasteiger partial charge in [-0.2, -0.15) is 0 Å². The van der Waals surface area contributed by atoms with Crippen LogP contribution in [0.15, 0.2) is 206 Å². The minimum Gasteiger partial charge on any atom is -0.310 e. The van der Waals surface area contributed by atoms with E-state index >= 15 is 0 Å². The molecule has 0 spiro atoms. The van der Waals surface area contributed by atoms with Crippen molar-refractivity contribution in [2.75, 3.05) is 9.80 Å². The van der Waals surface area contributed by atoms with Crippen LogP contribution in [0.4, 0.5) is 34.1 Å². The number of benzene rings is 9. The standard InChI is InChI=1S/C53H40N2/c1-53(2)47-25-13-14-26-50(47)55(52-45-24-12-10-19-40(45)30-34-46(52)39-16-5-3-6-17-39)51-36-41(31-35-48(51)53)37-28-32-43(33-29-37)54(42-21-7-4-8-22-42)49-27-15-20-38-18-9-11-23-44(38)49/h3-36H,1-2H3. The molecule has 10 rings (SSSR count). The summed E-state index contributed by atoms with van der Waals surface area (Å²) in [5.74, 6) is 0. The van der Waals surface area contributed by atoms with E-state index < -0.39 is 0 Å². The third-order valence-corrected chi connectivity index (χ3v) is 11.4. The number of anilines is 6. The zero-order valence-corrected chi connectivity index (χ0v) is 31.0. The zero-order valence-electron chi connectivity index (χ0n) is 31.0. The number of hydrogen-bond acceptors (Lipinski definition) is 2. The molecule has 9 aromatic rings. The van der Waals surface area contributed by atoms with Crippen molar-refractivity contribution in [1.82, 2.24) is 0 Å². The smallest absolute Gasteiger partial charge is 0.0618 e. The van der Waals surface area contributed by atoms with Crippen LogP contribution in [0.5, 0.6) is 0 Å². The van der Waals surface area contributed by atoms with Crippen molar-refractivity contribution >= 4 is 55.7 Å². The normalized spacial score (nSPS) is 13.0. The van der Waals surface area contributed by atoms with Crippen LogP contribution in [0.2, 0.25) is 0 Å². The second-order valence-electron chi connectivity index (χ2n) is 15.0. The molecular weight excluding hydrogens is 665 g/mol. The predicted molar refractivity (Wildman–Crippen MR) is 234 cm³/mol. The molecule has 0 amide bonds. The highest BCUT2D eigenvalue weighted by atomic mass is 15.2. The summed E-state index contributed by atoms with van der Waals surface area (Å²) in [6, 6.07) is 75.1. The number of fused-ring (bicyclic) bond motifs is 4. The zero-order chi connectivity index (χ0) is 36.9. The highest BCUT2D eigenvalue weighted by Crippen LogP contribution is 2.55. The highest BCUT2D eigenvalue weighted by molar-refractivity contribution is 6.08. The second kappa shape index (κ2) is 13.2. The summed E-state index contributed by atoms with van der Waals surface area (Å²) in [5.41, 5.74) is 14.2. The van der Waals surface area contributed by atoms with Crippen LogP contribution in [0.1, 0.15) is 25.0 Å². The van der Waals surface area contributed by atoms with Crippen molar-refractivity contribution in [3.63, 3.8) is 0 Å². The van der Waals surface area contributed by atoms with E-state index in [-0.39, 0.29) is 5.41 Å². The van der Waals surface area contributed by atoms with Gasteiger partial charge in [-0.1, -0.05) is 178 Å². The van der Waals surface area contributed by atoms with Gasteiger partial charge in [0.15, 0.2) is 0 Å². The van der Waals surface area contributed by atoms with E-state index in [0.29, 0.717) is 0 Å². The Kier molecular flexibility index (Phi) is 7.85. The third-order valence-electron chi connectivity index (χ3n) is 11.4. The molecule has 0 bridgehead atoms. The van der Waals surface area contributed by atoms with Crippen molar-refractivity contribution in [2.45, 2.75) is 19.3 Å². The van der Waals surface area contributed by atoms with Gasteiger partial charge in [0.2, 0.25) is 0 Å². The maximum absolute atomic E-state index is 2.54. The van der Waals surface area contributed by atoms with Crippen molar-refractivity contribution in [3.8, 4) is 22.3 Å². The van der Waals surface area contributed by atoms with E-state index in [1.165, 1.54) is 72.0 Å². The third kappa shape index (κ3) is 5.49. The molecule has 55 heavy (non-hydrogen) atoms. The fourth-order valence-electron chi connectivity index (χ4n) is 8.69. The highest BCUT2D eigenvalue weighted by Gasteiger charge is 2.38. The molecule has 0 aromatic heterocycles. The minimum atomic E-state index is -0.197. The van der Waals surface area contributed by atoms with E-state index in [4.69, 9.17) is 0 Å². The van der Waals surface area contributed by atoms with E-state index in [1.54, 1.807) is 0 Å². The Labute approximate surface area is 323 Å². The molecule has 1 aliphatic rings. The number of para-hydroxylation sites is 2. The van der Waals surface area contributed by atoms with Gasteiger partial charge in [-0.25, -0.2) is 0 Å². The first-order valence-corrected chi connectivity index (χ1v) is 19.1. The Morgan fingerprint density at radius 1 is 0.400 bits per heavy atom. The van der Waals surface area contributed by atoms with Gasteiger partial charge in [0.05, 0.1) is 22.7 Å². The summed E-state index contributed by atoms with van der Waals surface area (Å²) in [7, 11) is 0. The fourth-order valence-corrected chi connectivity index (χ4v) is 8.69. The molecule has 0 radical (unpaired) electrons. The van der Waals surface area contributed by atoms with Gasteiger partial charge in [-0.3, -0.25) is 0 Å². The lowest BCUT2D eigenvalue weighted by molar-refractivity contribution is 0.632. The Morgan fingerprint density at radius 3 is 1.76 bits per heavy atom. The van der Waals surface area contributed by atoms with Crippen LogP contribution < -0.4 is 9.80 Å². The van der Waals surface area contributed by atoms with Gasteiger partial charge >= 0.3 is 0 Å². The van der Waals surface area contributed by atoms with Crippen LogP contribution in [-0.4, -0.2) is 0 Å².